The highest BCUT2D eigenvalue weighted by molar-refractivity contribution is 6.02. The van der Waals surface area contributed by atoms with Gasteiger partial charge in [-0.1, -0.05) is 13.0 Å². The van der Waals surface area contributed by atoms with Crippen molar-refractivity contribution in [1.29, 1.82) is 0 Å². The molecule has 1 atom stereocenters. The zero-order chi connectivity index (χ0) is 12.8. The molecular weight excluding hydrogens is 218 g/mol. The molecule has 0 bridgehead atoms. The van der Waals surface area contributed by atoms with Crippen LogP contribution in [0.15, 0.2) is 18.2 Å². The molecule has 0 aliphatic carbocycles. The lowest BCUT2D eigenvalue weighted by Crippen LogP contribution is -2.24. The molecule has 0 fully saturated rings. The SMILES string of the molecule is CCC(CN)C(=O)c1c(OC)cccc1OC. The molecule has 0 aliphatic rings. The van der Waals surface area contributed by atoms with Crippen LogP contribution in [0, 0.1) is 5.92 Å². The molecule has 0 saturated heterocycles. The number of hydrogen-bond donors (Lipinski definition) is 1. The van der Waals surface area contributed by atoms with Crippen molar-refractivity contribution in [2.24, 2.45) is 11.7 Å². The highest BCUT2D eigenvalue weighted by Crippen LogP contribution is 2.31. The number of nitrogens with two attached hydrogens (primary N) is 1. The molecule has 1 aromatic carbocycles. The third-order valence-corrected chi connectivity index (χ3v) is 2.82. The van der Waals surface area contributed by atoms with Gasteiger partial charge in [0.1, 0.15) is 17.1 Å². The second kappa shape index (κ2) is 6.25. The van der Waals surface area contributed by atoms with Crippen LogP contribution in [0.1, 0.15) is 23.7 Å². The predicted molar refractivity (Wildman–Crippen MR) is 66.7 cm³/mol. The van der Waals surface area contributed by atoms with E-state index in [2.05, 4.69) is 0 Å². The number of rotatable bonds is 6. The van der Waals surface area contributed by atoms with Gasteiger partial charge < -0.3 is 15.2 Å². The number of ether oxygens (including phenoxy) is 2. The van der Waals surface area contributed by atoms with Crippen molar-refractivity contribution >= 4 is 5.78 Å². The zero-order valence-corrected chi connectivity index (χ0v) is 10.5. The third kappa shape index (κ3) is 2.77. The van der Waals surface area contributed by atoms with Gasteiger partial charge in [-0.25, -0.2) is 0 Å². The molecule has 0 spiro atoms. The first-order valence-corrected chi connectivity index (χ1v) is 5.64. The third-order valence-electron chi connectivity index (χ3n) is 2.82. The first-order valence-electron chi connectivity index (χ1n) is 5.64. The molecule has 1 rings (SSSR count). The summed E-state index contributed by atoms with van der Waals surface area (Å²) in [6.45, 7) is 2.27. The lowest BCUT2D eigenvalue weighted by Gasteiger charge is -2.16. The van der Waals surface area contributed by atoms with E-state index in [1.54, 1.807) is 18.2 Å². The average Bonchev–Trinajstić information content (AvgIpc) is 2.38. The molecule has 0 aliphatic heterocycles. The molecule has 0 amide bonds. The minimum atomic E-state index is -0.194. The fourth-order valence-electron chi connectivity index (χ4n) is 1.76. The lowest BCUT2D eigenvalue weighted by atomic mass is 9.94. The molecular formula is C13H19NO3. The molecule has 4 nitrogen and oxygen atoms in total. The Labute approximate surface area is 102 Å². The lowest BCUT2D eigenvalue weighted by molar-refractivity contribution is 0.0915. The summed E-state index contributed by atoms with van der Waals surface area (Å²) in [4.78, 5) is 12.3. The van der Waals surface area contributed by atoms with Gasteiger partial charge in [0.05, 0.1) is 14.2 Å². The number of methoxy groups -OCH3 is 2. The Balaban J connectivity index is 3.22. The maximum atomic E-state index is 12.3. The molecule has 0 radical (unpaired) electrons. The Morgan fingerprint density at radius 1 is 1.29 bits per heavy atom. The quantitative estimate of drug-likeness (QED) is 0.767. The van der Waals surface area contributed by atoms with Crippen LogP contribution >= 0.6 is 0 Å². The smallest absolute Gasteiger partial charge is 0.174 e. The van der Waals surface area contributed by atoms with Gasteiger partial charge in [-0.3, -0.25) is 4.79 Å². The topological polar surface area (TPSA) is 61.6 Å². The van der Waals surface area contributed by atoms with E-state index >= 15 is 0 Å². The van der Waals surface area contributed by atoms with Crippen LogP contribution in [0.4, 0.5) is 0 Å². The van der Waals surface area contributed by atoms with Crippen molar-refractivity contribution < 1.29 is 14.3 Å². The van der Waals surface area contributed by atoms with Gasteiger partial charge in [-0.2, -0.15) is 0 Å². The summed E-state index contributed by atoms with van der Waals surface area (Å²) in [5.74, 6) is 0.840. The van der Waals surface area contributed by atoms with Crippen LogP contribution in [-0.2, 0) is 0 Å². The normalized spacial score (nSPS) is 12.0. The second-order valence-corrected chi connectivity index (χ2v) is 3.74. The van der Waals surface area contributed by atoms with E-state index in [0.717, 1.165) is 0 Å². The maximum Gasteiger partial charge on any atom is 0.174 e. The molecule has 0 heterocycles. The summed E-state index contributed by atoms with van der Waals surface area (Å²) >= 11 is 0. The van der Waals surface area contributed by atoms with E-state index in [1.165, 1.54) is 14.2 Å². The van der Waals surface area contributed by atoms with E-state index in [0.29, 0.717) is 30.0 Å². The summed E-state index contributed by atoms with van der Waals surface area (Å²) in [6, 6.07) is 5.29. The Morgan fingerprint density at radius 3 is 2.18 bits per heavy atom. The van der Waals surface area contributed by atoms with Crippen LogP contribution in [-0.4, -0.2) is 26.5 Å². The summed E-state index contributed by atoms with van der Waals surface area (Å²) in [6.07, 6.45) is 0.705. The van der Waals surface area contributed by atoms with Gasteiger partial charge in [0.2, 0.25) is 0 Å². The summed E-state index contributed by atoms with van der Waals surface area (Å²) in [5.41, 5.74) is 6.08. The molecule has 1 aromatic rings. The average molecular weight is 237 g/mol. The summed E-state index contributed by atoms with van der Waals surface area (Å²) < 4.78 is 10.4. The number of carbonyl (C=O) groups excluding carboxylic acids is 1. The largest absolute Gasteiger partial charge is 0.496 e. The van der Waals surface area contributed by atoms with Crippen molar-refractivity contribution in [3.8, 4) is 11.5 Å². The van der Waals surface area contributed by atoms with Gasteiger partial charge in [0, 0.05) is 12.5 Å². The van der Waals surface area contributed by atoms with Gasteiger partial charge >= 0.3 is 0 Å². The van der Waals surface area contributed by atoms with Crippen LogP contribution < -0.4 is 15.2 Å². The van der Waals surface area contributed by atoms with E-state index in [4.69, 9.17) is 15.2 Å². The number of hydrogen-bond acceptors (Lipinski definition) is 4. The minimum Gasteiger partial charge on any atom is -0.496 e. The predicted octanol–water partition coefficient (Wildman–Crippen LogP) is 1.87. The molecule has 0 saturated carbocycles. The van der Waals surface area contributed by atoms with E-state index in [1.807, 2.05) is 6.92 Å². The van der Waals surface area contributed by atoms with Gasteiger partial charge in [0.15, 0.2) is 5.78 Å². The molecule has 2 N–H and O–H groups in total. The van der Waals surface area contributed by atoms with E-state index in [9.17, 15) is 4.79 Å². The van der Waals surface area contributed by atoms with Gasteiger partial charge in [-0.15, -0.1) is 0 Å². The van der Waals surface area contributed by atoms with Crippen LogP contribution in [0.25, 0.3) is 0 Å². The van der Waals surface area contributed by atoms with Crippen LogP contribution in [0.2, 0.25) is 0 Å². The van der Waals surface area contributed by atoms with Crippen molar-refractivity contribution in [1.82, 2.24) is 0 Å². The molecule has 4 heteroatoms. The van der Waals surface area contributed by atoms with Crippen molar-refractivity contribution in [3.63, 3.8) is 0 Å². The minimum absolute atomic E-state index is 0.0238. The Kier molecular flexibility index (Phi) is 4.97. The number of ketones is 1. The number of benzene rings is 1. The van der Waals surface area contributed by atoms with Gasteiger partial charge in [-0.05, 0) is 18.6 Å². The Morgan fingerprint density at radius 2 is 1.82 bits per heavy atom. The van der Waals surface area contributed by atoms with Crippen LogP contribution in [0.5, 0.6) is 11.5 Å². The van der Waals surface area contributed by atoms with Crippen LogP contribution in [0.3, 0.4) is 0 Å². The molecule has 0 aromatic heterocycles. The summed E-state index contributed by atoms with van der Waals surface area (Å²) in [5, 5.41) is 0. The highest BCUT2D eigenvalue weighted by atomic mass is 16.5. The van der Waals surface area contributed by atoms with Crippen molar-refractivity contribution in [3.05, 3.63) is 23.8 Å². The van der Waals surface area contributed by atoms with Gasteiger partial charge in [0.25, 0.3) is 0 Å². The number of carbonyl (C=O) groups is 1. The maximum absolute atomic E-state index is 12.3. The monoisotopic (exact) mass is 237 g/mol. The van der Waals surface area contributed by atoms with Crippen molar-refractivity contribution in [2.75, 3.05) is 20.8 Å². The molecule has 17 heavy (non-hydrogen) atoms. The summed E-state index contributed by atoms with van der Waals surface area (Å²) in [7, 11) is 3.07. The van der Waals surface area contributed by atoms with E-state index in [-0.39, 0.29) is 11.7 Å². The first kappa shape index (κ1) is 13.5. The first-order chi connectivity index (χ1) is 8.19. The number of Topliss-reactive ketones (excluding diaryl/α,β-unsaturated/α-hetero) is 1. The fourth-order valence-corrected chi connectivity index (χ4v) is 1.76. The Hall–Kier alpha value is -1.55. The zero-order valence-electron chi connectivity index (χ0n) is 10.5. The molecule has 1 unspecified atom stereocenters. The standard InChI is InChI=1S/C13H19NO3/c1-4-9(8-14)13(15)12-10(16-2)6-5-7-11(12)17-3/h5-7,9H,4,8,14H2,1-3H3. The van der Waals surface area contributed by atoms with E-state index < -0.39 is 0 Å². The Bertz CT molecular complexity index is 364. The second-order valence-electron chi connectivity index (χ2n) is 3.74. The molecule has 94 valence electrons. The fraction of sp³-hybridized carbons (Fsp3) is 0.462. The van der Waals surface area contributed by atoms with Crippen molar-refractivity contribution in [2.45, 2.75) is 13.3 Å². The highest BCUT2D eigenvalue weighted by Gasteiger charge is 2.24.